The number of rotatable bonds is 8. The van der Waals surface area contributed by atoms with Crippen molar-refractivity contribution in [2.45, 2.75) is 72.6 Å². The van der Waals surface area contributed by atoms with Crippen LogP contribution in [0.3, 0.4) is 0 Å². The molecule has 1 unspecified atom stereocenters. The summed E-state index contributed by atoms with van der Waals surface area (Å²) >= 11 is 0. The largest absolute Gasteiger partial charge is 0.316 e. The minimum atomic E-state index is 0.447. The van der Waals surface area contributed by atoms with Gasteiger partial charge in [-0.05, 0) is 50.2 Å². The van der Waals surface area contributed by atoms with Gasteiger partial charge in [-0.2, -0.15) is 0 Å². The Hall–Kier alpha value is -0.0800. The summed E-state index contributed by atoms with van der Waals surface area (Å²) in [5.41, 5.74) is 0.447. The van der Waals surface area contributed by atoms with Crippen LogP contribution in [0.1, 0.15) is 72.6 Å². The number of hydrogen-bond donors (Lipinski definition) is 1. The Bertz CT molecular complexity index is 232. The van der Waals surface area contributed by atoms with E-state index in [2.05, 4.69) is 37.9 Å². The molecule has 1 heterocycles. The lowest BCUT2D eigenvalue weighted by molar-refractivity contribution is 0.139. The molecule has 2 nitrogen and oxygen atoms in total. The first-order chi connectivity index (χ1) is 9.56. The Morgan fingerprint density at radius 2 is 1.65 bits per heavy atom. The first-order valence-corrected chi connectivity index (χ1v) is 8.99. The van der Waals surface area contributed by atoms with E-state index in [0.29, 0.717) is 5.41 Å². The molecule has 0 amide bonds. The molecule has 0 aromatic heterocycles. The van der Waals surface area contributed by atoms with Crippen molar-refractivity contribution in [1.82, 2.24) is 10.2 Å². The second-order valence-electron chi connectivity index (χ2n) is 7.63. The van der Waals surface area contributed by atoms with Crippen LogP contribution in [0.5, 0.6) is 0 Å². The summed E-state index contributed by atoms with van der Waals surface area (Å²) in [6, 6.07) is 0. The second kappa shape index (κ2) is 9.78. The van der Waals surface area contributed by atoms with Gasteiger partial charge in [0.2, 0.25) is 0 Å². The van der Waals surface area contributed by atoms with Gasteiger partial charge in [0.1, 0.15) is 0 Å². The molecule has 1 aliphatic heterocycles. The molecule has 1 aliphatic rings. The van der Waals surface area contributed by atoms with Gasteiger partial charge in [-0.1, -0.05) is 53.4 Å². The van der Waals surface area contributed by atoms with Gasteiger partial charge < -0.3 is 10.2 Å². The summed E-state index contributed by atoms with van der Waals surface area (Å²) in [5, 5.41) is 3.70. The monoisotopic (exact) mass is 282 g/mol. The topological polar surface area (TPSA) is 15.3 Å². The van der Waals surface area contributed by atoms with Gasteiger partial charge >= 0.3 is 0 Å². The van der Waals surface area contributed by atoms with E-state index in [0.717, 1.165) is 12.5 Å². The Labute approximate surface area is 127 Å². The first-order valence-electron chi connectivity index (χ1n) is 8.99. The summed E-state index contributed by atoms with van der Waals surface area (Å²) in [6.07, 6.45) is 9.78. The van der Waals surface area contributed by atoms with Crippen LogP contribution in [0.25, 0.3) is 0 Å². The molecule has 0 aliphatic carbocycles. The summed E-state index contributed by atoms with van der Waals surface area (Å²) in [4.78, 5) is 2.74. The molecule has 0 aromatic carbocycles. The van der Waals surface area contributed by atoms with Gasteiger partial charge in [0, 0.05) is 13.1 Å². The zero-order chi connectivity index (χ0) is 14.8. The number of nitrogens with zero attached hydrogens (tertiary/aromatic N) is 1. The highest BCUT2D eigenvalue weighted by Crippen LogP contribution is 2.25. The molecule has 1 atom stereocenters. The van der Waals surface area contributed by atoms with Gasteiger partial charge in [-0.15, -0.1) is 0 Å². The standard InChI is InChI=1S/C18H38N2/c1-5-11-18(4,15-19-14-17(2)3)16-20-12-9-7-6-8-10-13-20/h17,19H,5-16H2,1-4H3. The van der Waals surface area contributed by atoms with Crippen molar-refractivity contribution in [3.05, 3.63) is 0 Å². The molecule has 0 bridgehead atoms. The van der Waals surface area contributed by atoms with E-state index in [1.165, 1.54) is 71.1 Å². The van der Waals surface area contributed by atoms with Gasteiger partial charge in [0.25, 0.3) is 0 Å². The van der Waals surface area contributed by atoms with E-state index in [-0.39, 0.29) is 0 Å². The van der Waals surface area contributed by atoms with Crippen LogP contribution in [-0.2, 0) is 0 Å². The third-order valence-corrected chi connectivity index (χ3v) is 4.51. The predicted molar refractivity (Wildman–Crippen MR) is 90.2 cm³/mol. The molecule has 1 N–H and O–H groups in total. The van der Waals surface area contributed by atoms with Gasteiger partial charge in [-0.25, -0.2) is 0 Å². The predicted octanol–water partition coefficient (Wildman–Crippen LogP) is 4.30. The van der Waals surface area contributed by atoms with E-state index in [1.807, 2.05) is 0 Å². The van der Waals surface area contributed by atoms with Crippen molar-refractivity contribution in [3.8, 4) is 0 Å². The van der Waals surface area contributed by atoms with Crippen molar-refractivity contribution in [2.75, 3.05) is 32.7 Å². The molecule has 120 valence electrons. The van der Waals surface area contributed by atoms with Crippen LogP contribution >= 0.6 is 0 Å². The highest BCUT2D eigenvalue weighted by molar-refractivity contribution is 4.81. The highest BCUT2D eigenvalue weighted by atomic mass is 15.1. The van der Waals surface area contributed by atoms with Gasteiger partial charge in [0.05, 0.1) is 0 Å². The molecule has 0 aromatic rings. The third kappa shape index (κ3) is 7.64. The first kappa shape index (κ1) is 18.0. The minimum absolute atomic E-state index is 0.447. The van der Waals surface area contributed by atoms with Crippen LogP contribution in [0.15, 0.2) is 0 Å². The lowest BCUT2D eigenvalue weighted by Crippen LogP contribution is -2.44. The Morgan fingerprint density at radius 1 is 1.05 bits per heavy atom. The SMILES string of the molecule is CCCC(C)(CNCC(C)C)CN1CCCCCCC1. The Kier molecular flexibility index (Phi) is 8.79. The van der Waals surface area contributed by atoms with Crippen molar-refractivity contribution in [1.29, 1.82) is 0 Å². The Balaban J connectivity index is 2.45. The van der Waals surface area contributed by atoms with Crippen LogP contribution < -0.4 is 5.32 Å². The maximum atomic E-state index is 3.70. The van der Waals surface area contributed by atoms with Crippen LogP contribution in [0.2, 0.25) is 0 Å². The minimum Gasteiger partial charge on any atom is -0.316 e. The fourth-order valence-electron chi connectivity index (χ4n) is 3.50. The van der Waals surface area contributed by atoms with Crippen LogP contribution in [0.4, 0.5) is 0 Å². The smallest absolute Gasteiger partial charge is 0.00475 e. The van der Waals surface area contributed by atoms with Crippen molar-refractivity contribution in [2.24, 2.45) is 11.3 Å². The fraction of sp³-hybridized carbons (Fsp3) is 1.00. The van der Waals surface area contributed by atoms with E-state index < -0.39 is 0 Å². The molecule has 1 saturated heterocycles. The average molecular weight is 283 g/mol. The van der Waals surface area contributed by atoms with E-state index >= 15 is 0 Å². The highest BCUT2D eigenvalue weighted by Gasteiger charge is 2.26. The van der Waals surface area contributed by atoms with Crippen molar-refractivity contribution < 1.29 is 0 Å². The van der Waals surface area contributed by atoms with E-state index in [9.17, 15) is 0 Å². The summed E-state index contributed by atoms with van der Waals surface area (Å²) in [5.74, 6) is 0.752. The quantitative estimate of drug-likeness (QED) is 0.714. The second-order valence-corrected chi connectivity index (χ2v) is 7.63. The molecular formula is C18H38N2. The molecule has 0 radical (unpaired) electrons. The van der Waals surface area contributed by atoms with Crippen LogP contribution in [-0.4, -0.2) is 37.6 Å². The summed E-state index contributed by atoms with van der Waals surface area (Å²) < 4.78 is 0. The molecule has 1 rings (SSSR count). The summed E-state index contributed by atoms with van der Waals surface area (Å²) in [6.45, 7) is 15.7. The lowest BCUT2D eigenvalue weighted by Gasteiger charge is -2.37. The molecule has 0 saturated carbocycles. The average Bonchev–Trinajstić information content (AvgIpc) is 2.32. The van der Waals surface area contributed by atoms with E-state index in [4.69, 9.17) is 0 Å². The Morgan fingerprint density at radius 3 is 2.20 bits per heavy atom. The number of nitrogens with one attached hydrogen (secondary N) is 1. The zero-order valence-electron chi connectivity index (χ0n) is 14.5. The van der Waals surface area contributed by atoms with Crippen molar-refractivity contribution >= 4 is 0 Å². The molecule has 0 spiro atoms. The summed E-state index contributed by atoms with van der Waals surface area (Å²) in [7, 11) is 0. The number of hydrogen-bond acceptors (Lipinski definition) is 2. The fourth-order valence-corrected chi connectivity index (χ4v) is 3.50. The molecule has 2 heteroatoms. The molecule has 1 fully saturated rings. The van der Waals surface area contributed by atoms with Crippen molar-refractivity contribution in [3.63, 3.8) is 0 Å². The maximum Gasteiger partial charge on any atom is 0.00475 e. The normalized spacial score (nSPS) is 21.4. The molecule has 20 heavy (non-hydrogen) atoms. The number of likely N-dealkylation sites (tertiary alicyclic amines) is 1. The van der Waals surface area contributed by atoms with Crippen LogP contribution in [0, 0.1) is 11.3 Å². The zero-order valence-corrected chi connectivity index (χ0v) is 14.5. The third-order valence-electron chi connectivity index (χ3n) is 4.51. The molecular weight excluding hydrogens is 244 g/mol. The van der Waals surface area contributed by atoms with E-state index in [1.54, 1.807) is 0 Å². The lowest BCUT2D eigenvalue weighted by atomic mass is 9.84. The van der Waals surface area contributed by atoms with Gasteiger partial charge in [0.15, 0.2) is 0 Å². The maximum absolute atomic E-state index is 3.70. The van der Waals surface area contributed by atoms with Gasteiger partial charge in [-0.3, -0.25) is 0 Å².